The molecule has 0 atom stereocenters. The number of rotatable bonds is 7. The summed E-state index contributed by atoms with van der Waals surface area (Å²) in [5, 5.41) is 6.86. The zero-order valence-corrected chi connectivity index (χ0v) is 18.9. The first-order valence-electron chi connectivity index (χ1n) is 9.34. The minimum atomic E-state index is -0.499. The van der Waals surface area contributed by atoms with Crippen LogP contribution < -0.4 is 15.5 Å². The van der Waals surface area contributed by atoms with Gasteiger partial charge in [0.1, 0.15) is 5.75 Å². The Bertz CT molecular complexity index is 1170. The van der Waals surface area contributed by atoms with Crippen LogP contribution in [-0.2, 0) is 4.79 Å². The predicted molar refractivity (Wildman–Crippen MR) is 125 cm³/mol. The number of esters is 1. The number of amides is 2. The van der Waals surface area contributed by atoms with Crippen LogP contribution in [0.15, 0.2) is 82.4 Å². The molecule has 0 heterocycles. The second kappa shape index (κ2) is 11.2. The summed E-state index contributed by atoms with van der Waals surface area (Å²) in [7, 11) is 0. The molecule has 162 valence electrons. The molecule has 0 fully saturated rings. The highest BCUT2D eigenvalue weighted by Gasteiger charge is 2.09. The van der Waals surface area contributed by atoms with Gasteiger partial charge in [0.25, 0.3) is 11.8 Å². The zero-order valence-electron chi connectivity index (χ0n) is 16.5. The van der Waals surface area contributed by atoms with Crippen LogP contribution in [-0.4, -0.2) is 30.5 Å². The molecule has 0 bridgehead atoms. The van der Waals surface area contributed by atoms with Crippen molar-refractivity contribution in [3.8, 4) is 5.75 Å². The topological polar surface area (TPSA) is 96.9 Å². The van der Waals surface area contributed by atoms with E-state index in [2.05, 4.69) is 31.8 Å². The molecule has 2 amide bonds. The van der Waals surface area contributed by atoms with Crippen molar-refractivity contribution in [3.05, 3.63) is 99.0 Å². The van der Waals surface area contributed by atoms with Gasteiger partial charge in [0.05, 0.1) is 18.3 Å². The zero-order chi connectivity index (χ0) is 22.9. The third-order valence-electron chi connectivity index (χ3n) is 4.05. The Labute approximate surface area is 197 Å². The van der Waals surface area contributed by atoms with Gasteiger partial charge in [-0.15, -0.1) is 0 Å². The van der Waals surface area contributed by atoms with Gasteiger partial charge in [-0.25, -0.2) is 10.2 Å². The summed E-state index contributed by atoms with van der Waals surface area (Å²) in [5.41, 5.74) is 3.73. The summed E-state index contributed by atoms with van der Waals surface area (Å²) in [4.78, 5) is 36.1. The normalized spacial score (nSPS) is 10.6. The summed E-state index contributed by atoms with van der Waals surface area (Å²) >= 11 is 9.10. The van der Waals surface area contributed by atoms with Crippen LogP contribution in [0.25, 0.3) is 0 Å². The van der Waals surface area contributed by atoms with Gasteiger partial charge < -0.3 is 10.1 Å². The van der Waals surface area contributed by atoms with Crippen molar-refractivity contribution in [3.63, 3.8) is 0 Å². The maximum Gasteiger partial charge on any atom is 0.343 e. The quantitative estimate of drug-likeness (QED) is 0.214. The van der Waals surface area contributed by atoms with Crippen molar-refractivity contribution in [2.45, 2.75) is 0 Å². The van der Waals surface area contributed by atoms with E-state index >= 15 is 0 Å². The SMILES string of the molecule is O=C(CNC(=O)c1ccc(Cl)cc1)N/N=C\c1cccc(OC(=O)c2cccc(Br)c2)c1. The van der Waals surface area contributed by atoms with Crippen LogP contribution in [0, 0.1) is 0 Å². The van der Waals surface area contributed by atoms with E-state index in [1.165, 1.54) is 6.21 Å². The Hall–Kier alpha value is -3.49. The maximum absolute atomic E-state index is 12.3. The highest BCUT2D eigenvalue weighted by molar-refractivity contribution is 9.10. The predicted octanol–water partition coefficient (Wildman–Crippen LogP) is 4.20. The molecule has 0 spiro atoms. The molecule has 0 saturated carbocycles. The lowest BCUT2D eigenvalue weighted by molar-refractivity contribution is -0.120. The molecule has 0 unspecified atom stereocenters. The van der Waals surface area contributed by atoms with E-state index in [0.717, 1.165) is 4.47 Å². The molecular formula is C23H17BrClN3O4. The lowest BCUT2D eigenvalue weighted by Crippen LogP contribution is -2.34. The number of carbonyl (C=O) groups excluding carboxylic acids is 3. The summed E-state index contributed by atoms with van der Waals surface area (Å²) in [6.07, 6.45) is 1.40. The fourth-order valence-electron chi connectivity index (χ4n) is 2.52. The van der Waals surface area contributed by atoms with Crippen molar-refractivity contribution < 1.29 is 19.1 Å². The van der Waals surface area contributed by atoms with Crippen molar-refractivity contribution in [1.29, 1.82) is 0 Å². The minimum Gasteiger partial charge on any atom is -0.423 e. The number of hydrogen-bond donors (Lipinski definition) is 2. The highest BCUT2D eigenvalue weighted by atomic mass is 79.9. The molecule has 3 aromatic carbocycles. The smallest absolute Gasteiger partial charge is 0.343 e. The third-order valence-corrected chi connectivity index (χ3v) is 4.79. The number of halogens is 2. The molecule has 3 rings (SSSR count). The lowest BCUT2D eigenvalue weighted by atomic mass is 10.2. The first-order chi connectivity index (χ1) is 15.4. The van der Waals surface area contributed by atoms with Gasteiger partial charge in [0.2, 0.25) is 0 Å². The number of benzene rings is 3. The van der Waals surface area contributed by atoms with Gasteiger partial charge in [0, 0.05) is 15.1 Å². The Morgan fingerprint density at radius 1 is 0.969 bits per heavy atom. The number of hydrazone groups is 1. The summed E-state index contributed by atoms with van der Waals surface area (Å²) in [6, 6.07) is 19.8. The van der Waals surface area contributed by atoms with Gasteiger partial charge in [-0.3, -0.25) is 9.59 Å². The highest BCUT2D eigenvalue weighted by Crippen LogP contribution is 2.17. The van der Waals surface area contributed by atoms with Gasteiger partial charge >= 0.3 is 5.97 Å². The standard InChI is InChI=1S/C23H17BrClN3O4/c24-18-5-2-4-17(12-18)23(31)32-20-6-1-3-15(11-20)13-27-28-21(29)14-26-22(30)16-7-9-19(25)10-8-16/h1-13H,14H2,(H,26,30)(H,28,29)/b27-13-. The molecule has 32 heavy (non-hydrogen) atoms. The largest absolute Gasteiger partial charge is 0.423 e. The molecule has 9 heteroatoms. The molecule has 0 aliphatic heterocycles. The second-order valence-corrected chi connectivity index (χ2v) is 7.81. The van der Waals surface area contributed by atoms with Gasteiger partial charge in [-0.05, 0) is 60.2 Å². The van der Waals surface area contributed by atoms with E-state index in [4.69, 9.17) is 16.3 Å². The molecule has 7 nitrogen and oxygen atoms in total. The van der Waals surface area contributed by atoms with E-state index in [9.17, 15) is 14.4 Å². The maximum atomic E-state index is 12.3. The van der Waals surface area contributed by atoms with Gasteiger partial charge in [0.15, 0.2) is 0 Å². The van der Waals surface area contributed by atoms with Crippen LogP contribution in [0.1, 0.15) is 26.3 Å². The van der Waals surface area contributed by atoms with Gasteiger partial charge in [-0.2, -0.15) is 5.10 Å². The van der Waals surface area contributed by atoms with E-state index in [-0.39, 0.29) is 6.54 Å². The molecular weight excluding hydrogens is 498 g/mol. The minimum absolute atomic E-state index is 0.247. The van der Waals surface area contributed by atoms with Crippen molar-refractivity contribution in [2.24, 2.45) is 5.10 Å². The average Bonchev–Trinajstić information content (AvgIpc) is 2.78. The third kappa shape index (κ3) is 7.04. The molecule has 0 aliphatic carbocycles. The number of hydrogen-bond acceptors (Lipinski definition) is 5. The lowest BCUT2D eigenvalue weighted by Gasteiger charge is -2.06. The molecule has 0 aromatic heterocycles. The fourth-order valence-corrected chi connectivity index (χ4v) is 3.05. The van der Waals surface area contributed by atoms with Crippen LogP contribution in [0.3, 0.4) is 0 Å². The summed E-state index contributed by atoms with van der Waals surface area (Å²) in [6.45, 7) is -0.247. The van der Waals surface area contributed by atoms with E-state index in [0.29, 0.717) is 27.5 Å². The molecule has 0 saturated heterocycles. The van der Waals surface area contributed by atoms with Crippen molar-refractivity contribution in [1.82, 2.24) is 10.7 Å². The van der Waals surface area contributed by atoms with E-state index < -0.39 is 17.8 Å². The monoisotopic (exact) mass is 513 g/mol. The van der Waals surface area contributed by atoms with E-state index in [1.54, 1.807) is 66.7 Å². The van der Waals surface area contributed by atoms with Crippen LogP contribution in [0.5, 0.6) is 5.75 Å². The Balaban J connectivity index is 1.49. The van der Waals surface area contributed by atoms with E-state index in [1.807, 2.05) is 6.07 Å². The molecule has 3 aromatic rings. The summed E-state index contributed by atoms with van der Waals surface area (Å²) < 4.78 is 6.14. The number of nitrogens with one attached hydrogen (secondary N) is 2. The average molecular weight is 515 g/mol. The molecule has 2 N–H and O–H groups in total. The fraction of sp³-hybridized carbons (Fsp3) is 0.0435. The number of ether oxygens (including phenoxy) is 1. The Kier molecular flexibility index (Phi) is 8.13. The number of nitrogens with zero attached hydrogens (tertiary/aromatic N) is 1. The summed E-state index contributed by atoms with van der Waals surface area (Å²) in [5.74, 6) is -1.06. The Morgan fingerprint density at radius 3 is 2.47 bits per heavy atom. The first kappa shape index (κ1) is 23.2. The van der Waals surface area contributed by atoms with Crippen molar-refractivity contribution in [2.75, 3.05) is 6.54 Å². The molecule has 0 radical (unpaired) electrons. The van der Waals surface area contributed by atoms with Crippen LogP contribution in [0.2, 0.25) is 5.02 Å². The van der Waals surface area contributed by atoms with Gasteiger partial charge in [-0.1, -0.05) is 45.7 Å². The van der Waals surface area contributed by atoms with Crippen molar-refractivity contribution >= 4 is 51.5 Å². The molecule has 0 aliphatic rings. The first-order valence-corrected chi connectivity index (χ1v) is 10.5. The second-order valence-electron chi connectivity index (χ2n) is 6.46. The Morgan fingerprint density at radius 2 is 1.72 bits per heavy atom. The van der Waals surface area contributed by atoms with Crippen LogP contribution >= 0.6 is 27.5 Å². The van der Waals surface area contributed by atoms with Crippen LogP contribution in [0.4, 0.5) is 0 Å². The number of carbonyl (C=O) groups is 3.